The SMILES string of the molecule is CC1CCc2ccccc2N1c1cc(F)c(I)cc1N. The van der Waals surface area contributed by atoms with Crippen LogP contribution in [0.2, 0.25) is 0 Å². The highest BCUT2D eigenvalue weighted by Crippen LogP contribution is 2.40. The van der Waals surface area contributed by atoms with Gasteiger partial charge in [-0.15, -0.1) is 0 Å². The van der Waals surface area contributed by atoms with Crippen molar-refractivity contribution in [2.45, 2.75) is 25.8 Å². The average Bonchev–Trinajstić information content (AvgIpc) is 2.43. The predicted octanol–water partition coefficient (Wildman–Crippen LogP) is 4.49. The Balaban J connectivity index is 2.16. The van der Waals surface area contributed by atoms with E-state index in [4.69, 9.17) is 5.73 Å². The van der Waals surface area contributed by atoms with Gasteiger partial charge >= 0.3 is 0 Å². The van der Waals surface area contributed by atoms with E-state index in [0.29, 0.717) is 15.3 Å². The Morgan fingerprint density at radius 1 is 1.25 bits per heavy atom. The molecular weight excluding hydrogens is 366 g/mol. The fourth-order valence-electron chi connectivity index (χ4n) is 2.82. The Morgan fingerprint density at radius 2 is 2.00 bits per heavy atom. The number of aryl methyl sites for hydroxylation is 1. The van der Waals surface area contributed by atoms with Gasteiger partial charge < -0.3 is 10.6 Å². The molecule has 20 heavy (non-hydrogen) atoms. The molecule has 4 heteroatoms. The number of hydrogen-bond acceptors (Lipinski definition) is 2. The minimum Gasteiger partial charge on any atom is -0.397 e. The van der Waals surface area contributed by atoms with E-state index in [1.165, 1.54) is 5.56 Å². The van der Waals surface area contributed by atoms with E-state index in [9.17, 15) is 4.39 Å². The van der Waals surface area contributed by atoms with Crippen LogP contribution in [-0.2, 0) is 6.42 Å². The summed E-state index contributed by atoms with van der Waals surface area (Å²) in [6.07, 6.45) is 2.10. The van der Waals surface area contributed by atoms with Gasteiger partial charge in [0.1, 0.15) is 5.82 Å². The minimum atomic E-state index is -0.218. The highest BCUT2D eigenvalue weighted by Gasteiger charge is 2.26. The lowest BCUT2D eigenvalue weighted by molar-refractivity contribution is 0.605. The van der Waals surface area contributed by atoms with Crippen LogP contribution < -0.4 is 10.6 Å². The van der Waals surface area contributed by atoms with Crippen LogP contribution in [0.5, 0.6) is 0 Å². The molecule has 1 unspecified atom stereocenters. The van der Waals surface area contributed by atoms with Crippen molar-refractivity contribution in [1.29, 1.82) is 0 Å². The zero-order valence-corrected chi connectivity index (χ0v) is 13.4. The number of nitrogens with zero attached hydrogens (tertiary/aromatic N) is 1. The van der Waals surface area contributed by atoms with Crippen molar-refractivity contribution in [2.75, 3.05) is 10.6 Å². The smallest absolute Gasteiger partial charge is 0.138 e. The Hall–Kier alpha value is -1.30. The Labute approximate surface area is 131 Å². The van der Waals surface area contributed by atoms with Gasteiger partial charge in [-0.2, -0.15) is 0 Å². The first-order chi connectivity index (χ1) is 9.58. The highest BCUT2D eigenvalue weighted by atomic mass is 127. The van der Waals surface area contributed by atoms with Crippen LogP contribution in [0.4, 0.5) is 21.5 Å². The third kappa shape index (κ3) is 2.26. The van der Waals surface area contributed by atoms with E-state index in [1.54, 1.807) is 12.1 Å². The van der Waals surface area contributed by atoms with Crippen LogP contribution in [0.25, 0.3) is 0 Å². The van der Waals surface area contributed by atoms with Crippen LogP contribution in [-0.4, -0.2) is 6.04 Å². The number of rotatable bonds is 1. The molecule has 0 radical (unpaired) electrons. The van der Waals surface area contributed by atoms with Crippen molar-refractivity contribution in [3.05, 3.63) is 51.3 Å². The number of hydrogen-bond donors (Lipinski definition) is 1. The topological polar surface area (TPSA) is 29.3 Å². The number of para-hydroxylation sites is 1. The van der Waals surface area contributed by atoms with Gasteiger partial charge in [0, 0.05) is 17.8 Å². The Kier molecular flexibility index (Phi) is 3.58. The molecule has 2 N–H and O–H groups in total. The predicted molar refractivity (Wildman–Crippen MR) is 89.9 cm³/mol. The van der Waals surface area contributed by atoms with Gasteiger partial charge in [-0.3, -0.25) is 0 Å². The van der Waals surface area contributed by atoms with Gasteiger partial charge in [0.05, 0.1) is 14.9 Å². The monoisotopic (exact) mass is 382 g/mol. The zero-order chi connectivity index (χ0) is 14.3. The average molecular weight is 382 g/mol. The molecule has 2 nitrogen and oxygen atoms in total. The van der Waals surface area contributed by atoms with E-state index in [-0.39, 0.29) is 5.82 Å². The van der Waals surface area contributed by atoms with E-state index in [2.05, 4.69) is 24.0 Å². The van der Waals surface area contributed by atoms with Gasteiger partial charge in [-0.25, -0.2) is 4.39 Å². The van der Waals surface area contributed by atoms with Gasteiger partial charge in [0.25, 0.3) is 0 Å². The number of nitrogen functional groups attached to an aromatic ring is 1. The van der Waals surface area contributed by atoms with Crippen LogP contribution in [0.3, 0.4) is 0 Å². The molecule has 0 saturated heterocycles. The number of nitrogens with two attached hydrogens (primary N) is 1. The maximum absolute atomic E-state index is 13.9. The summed E-state index contributed by atoms with van der Waals surface area (Å²) < 4.78 is 14.5. The number of anilines is 3. The summed E-state index contributed by atoms with van der Waals surface area (Å²) in [5, 5.41) is 0. The molecule has 0 fully saturated rings. The van der Waals surface area contributed by atoms with Crippen molar-refractivity contribution < 1.29 is 4.39 Å². The van der Waals surface area contributed by atoms with Crippen LogP contribution >= 0.6 is 22.6 Å². The summed E-state index contributed by atoms with van der Waals surface area (Å²) in [5.41, 5.74) is 9.95. The van der Waals surface area contributed by atoms with Crippen LogP contribution in [0.1, 0.15) is 18.9 Å². The van der Waals surface area contributed by atoms with E-state index in [1.807, 2.05) is 34.7 Å². The van der Waals surface area contributed by atoms with Gasteiger partial charge in [-0.05, 0) is 60.1 Å². The summed E-state index contributed by atoms with van der Waals surface area (Å²) in [6, 6.07) is 11.8. The third-order valence-electron chi connectivity index (χ3n) is 3.85. The Morgan fingerprint density at radius 3 is 2.80 bits per heavy atom. The number of benzene rings is 2. The van der Waals surface area contributed by atoms with Crippen molar-refractivity contribution in [1.82, 2.24) is 0 Å². The van der Waals surface area contributed by atoms with E-state index < -0.39 is 0 Å². The Bertz CT molecular complexity index is 657. The molecule has 0 aliphatic carbocycles. The normalized spacial score (nSPS) is 17.9. The molecule has 0 aromatic heterocycles. The summed E-state index contributed by atoms with van der Waals surface area (Å²) in [7, 11) is 0. The summed E-state index contributed by atoms with van der Waals surface area (Å²) in [5.74, 6) is -0.218. The first-order valence-corrected chi connectivity index (χ1v) is 7.77. The summed E-state index contributed by atoms with van der Waals surface area (Å²) in [4.78, 5) is 2.16. The second-order valence-corrected chi connectivity index (χ2v) is 6.37. The molecule has 1 aliphatic rings. The first kappa shape index (κ1) is 13.7. The molecule has 1 atom stereocenters. The third-order valence-corrected chi connectivity index (χ3v) is 4.68. The summed E-state index contributed by atoms with van der Waals surface area (Å²) >= 11 is 1.97. The van der Waals surface area contributed by atoms with Crippen molar-refractivity contribution >= 4 is 39.7 Å². The molecule has 0 bridgehead atoms. The molecule has 3 rings (SSSR count). The largest absolute Gasteiger partial charge is 0.397 e. The first-order valence-electron chi connectivity index (χ1n) is 6.69. The fraction of sp³-hybridized carbons (Fsp3) is 0.250. The van der Waals surface area contributed by atoms with Gasteiger partial charge in [0.2, 0.25) is 0 Å². The maximum Gasteiger partial charge on any atom is 0.138 e. The molecule has 0 spiro atoms. The lowest BCUT2D eigenvalue weighted by Crippen LogP contribution is -2.33. The molecule has 2 aromatic carbocycles. The van der Waals surface area contributed by atoms with Crippen molar-refractivity contribution in [2.24, 2.45) is 0 Å². The van der Waals surface area contributed by atoms with Crippen LogP contribution in [0.15, 0.2) is 36.4 Å². The fourth-order valence-corrected chi connectivity index (χ4v) is 3.31. The number of fused-ring (bicyclic) bond motifs is 1. The highest BCUT2D eigenvalue weighted by molar-refractivity contribution is 14.1. The van der Waals surface area contributed by atoms with Crippen LogP contribution in [0, 0.1) is 9.39 Å². The molecule has 1 heterocycles. The van der Waals surface area contributed by atoms with E-state index >= 15 is 0 Å². The lowest BCUT2D eigenvalue weighted by atomic mass is 9.95. The van der Waals surface area contributed by atoms with Gasteiger partial charge in [-0.1, -0.05) is 18.2 Å². The second kappa shape index (κ2) is 5.24. The number of halogens is 2. The quantitative estimate of drug-likeness (QED) is 0.582. The zero-order valence-electron chi connectivity index (χ0n) is 11.2. The summed E-state index contributed by atoms with van der Waals surface area (Å²) in [6.45, 7) is 2.16. The lowest BCUT2D eigenvalue weighted by Gasteiger charge is -2.37. The molecule has 0 amide bonds. The molecule has 2 aromatic rings. The van der Waals surface area contributed by atoms with Crippen molar-refractivity contribution in [3.8, 4) is 0 Å². The van der Waals surface area contributed by atoms with Gasteiger partial charge in [0.15, 0.2) is 0 Å². The maximum atomic E-state index is 13.9. The van der Waals surface area contributed by atoms with E-state index in [0.717, 1.165) is 24.2 Å². The molecule has 104 valence electrons. The molecule has 1 aliphatic heterocycles. The minimum absolute atomic E-state index is 0.218. The van der Waals surface area contributed by atoms with Crippen molar-refractivity contribution in [3.63, 3.8) is 0 Å². The molecule has 0 saturated carbocycles. The molecular formula is C16H16FIN2. The second-order valence-electron chi connectivity index (χ2n) is 5.21. The standard InChI is InChI=1S/C16H16FIN2/c1-10-6-7-11-4-2-3-5-15(11)20(10)16-8-12(17)13(18)9-14(16)19/h2-5,8-10H,6-7,19H2,1H3.